The maximum atomic E-state index is 12.9. The number of aryl methyl sites for hydroxylation is 2. The fraction of sp³-hybridized carbons (Fsp3) is 0.111. The lowest BCUT2D eigenvalue weighted by molar-refractivity contribution is 0.628. The van der Waals surface area contributed by atoms with E-state index in [1.807, 2.05) is 36.5 Å². The largest absolute Gasteiger partial charge is 0.261 e. The lowest BCUT2D eigenvalue weighted by atomic mass is 10.1. The highest BCUT2D eigenvalue weighted by atomic mass is 19.1. The molecule has 0 atom stereocenters. The van der Waals surface area contributed by atoms with E-state index < -0.39 is 0 Å². The molecule has 0 amide bonds. The number of hydrogen-bond donors (Lipinski definition) is 0. The Bertz CT molecular complexity index is 692. The normalized spacial score (nSPS) is 10.5. The van der Waals surface area contributed by atoms with Gasteiger partial charge in [0.1, 0.15) is 5.82 Å². The average Bonchev–Trinajstić information content (AvgIpc) is 2.55. The van der Waals surface area contributed by atoms with Crippen molar-refractivity contribution < 1.29 is 4.39 Å². The minimum Gasteiger partial charge on any atom is -0.261 e. The summed E-state index contributed by atoms with van der Waals surface area (Å²) in [5.74, 6) is -0.223. The third kappa shape index (κ3) is 3.51. The summed E-state index contributed by atoms with van der Waals surface area (Å²) in [6.45, 7) is 0. The van der Waals surface area contributed by atoms with Gasteiger partial charge < -0.3 is 0 Å². The highest BCUT2D eigenvalue weighted by molar-refractivity contribution is 5.62. The Labute approximate surface area is 123 Å². The van der Waals surface area contributed by atoms with Crippen molar-refractivity contribution in [2.24, 2.45) is 0 Å². The monoisotopic (exact) mass is 278 g/mol. The fourth-order valence-electron chi connectivity index (χ4n) is 2.19. The summed E-state index contributed by atoms with van der Waals surface area (Å²) in [5.41, 5.74) is 4.07. The minimum atomic E-state index is -0.223. The molecule has 0 aliphatic carbocycles. The zero-order valence-electron chi connectivity index (χ0n) is 11.5. The summed E-state index contributed by atoms with van der Waals surface area (Å²) in [4.78, 5) is 8.77. The third-order valence-corrected chi connectivity index (χ3v) is 3.37. The van der Waals surface area contributed by atoms with Crippen molar-refractivity contribution in [2.45, 2.75) is 12.8 Å². The van der Waals surface area contributed by atoms with Gasteiger partial charge in [0.15, 0.2) is 0 Å². The van der Waals surface area contributed by atoms with Crippen molar-refractivity contribution in [2.75, 3.05) is 0 Å². The molecule has 2 aromatic heterocycles. The average molecular weight is 278 g/mol. The molecule has 0 bridgehead atoms. The van der Waals surface area contributed by atoms with Gasteiger partial charge in [0.05, 0.1) is 0 Å². The standard InChI is InChI=1S/C18H15FN2/c19-16-7-4-14(5-8-16)15-6-9-18(21-13-15)11-10-17-3-1-2-12-20-17/h1-9,12-13H,10-11H2. The molecular formula is C18H15FN2. The van der Waals surface area contributed by atoms with Crippen LogP contribution in [0.15, 0.2) is 67.0 Å². The van der Waals surface area contributed by atoms with E-state index in [4.69, 9.17) is 0 Å². The molecule has 2 heterocycles. The SMILES string of the molecule is Fc1ccc(-c2ccc(CCc3ccccn3)nc2)cc1. The van der Waals surface area contributed by atoms with Gasteiger partial charge in [-0.25, -0.2) is 4.39 Å². The first-order chi connectivity index (χ1) is 10.3. The van der Waals surface area contributed by atoms with Crippen molar-refractivity contribution in [3.05, 3.63) is 84.2 Å². The van der Waals surface area contributed by atoms with Crippen molar-refractivity contribution in [1.82, 2.24) is 9.97 Å². The van der Waals surface area contributed by atoms with Crippen LogP contribution in [0.5, 0.6) is 0 Å². The Hall–Kier alpha value is -2.55. The molecule has 0 radical (unpaired) electrons. The molecule has 3 heteroatoms. The first kappa shape index (κ1) is 13.4. The second-order valence-corrected chi connectivity index (χ2v) is 4.87. The van der Waals surface area contributed by atoms with E-state index in [9.17, 15) is 4.39 Å². The van der Waals surface area contributed by atoms with Crippen LogP contribution in [0.2, 0.25) is 0 Å². The van der Waals surface area contributed by atoms with Crippen molar-refractivity contribution in [3.8, 4) is 11.1 Å². The summed E-state index contributed by atoms with van der Waals surface area (Å²) >= 11 is 0. The van der Waals surface area contributed by atoms with Crippen LogP contribution in [0.25, 0.3) is 11.1 Å². The van der Waals surface area contributed by atoms with Crippen molar-refractivity contribution >= 4 is 0 Å². The van der Waals surface area contributed by atoms with Gasteiger partial charge in [0.2, 0.25) is 0 Å². The smallest absolute Gasteiger partial charge is 0.123 e. The number of benzene rings is 1. The van der Waals surface area contributed by atoms with Gasteiger partial charge in [-0.15, -0.1) is 0 Å². The maximum Gasteiger partial charge on any atom is 0.123 e. The van der Waals surface area contributed by atoms with E-state index in [0.29, 0.717) is 0 Å². The lowest BCUT2D eigenvalue weighted by Crippen LogP contribution is -1.96. The van der Waals surface area contributed by atoms with Gasteiger partial charge in [-0.05, 0) is 48.7 Å². The molecule has 0 saturated carbocycles. The zero-order chi connectivity index (χ0) is 14.5. The number of halogens is 1. The molecule has 0 N–H and O–H groups in total. The Balaban J connectivity index is 1.68. The van der Waals surface area contributed by atoms with E-state index in [-0.39, 0.29) is 5.82 Å². The second kappa shape index (κ2) is 6.27. The lowest BCUT2D eigenvalue weighted by Gasteiger charge is -2.04. The highest BCUT2D eigenvalue weighted by Crippen LogP contribution is 2.19. The predicted molar refractivity (Wildman–Crippen MR) is 81.3 cm³/mol. The summed E-state index contributed by atoms with van der Waals surface area (Å²) in [6.07, 6.45) is 5.38. The summed E-state index contributed by atoms with van der Waals surface area (Å²) < 4.78 is 12.9. The maximum absolute atomic E-state index is 12.9. The van der Waals surface area contributed by atoms with Crippen LogP contribution >= 0.6 is 0 Å². The fourth-order valence-corrected chi connectivity index (χ4v) is 2.19. The Morgan fingerprint density at radius 3 is 2.05 bits per heavy atom. The molecule has 0 fully saturated rings. The summed E-state index contributed by atoms with van der Waals surface area (Å²) in [7, 11) is 0. The van der Waals surface area contributed by atoms with Crippen molar-refractivity contribution in [3.63, 3.8) is 0 Å². The second-order valence-electron chi connectivity index (χ2n) is 4.87. The zero-order valence-corrected chi connectivity index (χ0v) is 11.5. The molecule has 3 aromatic rings. The summed E-state index contributed by atoms with van der Waals surface area (Å²) in [6, 6.07) is 16.4. The van der Waals surface area contributed by atoms with Crippen LogP contribution in [0, 0.1) is 5.82 Å². The number of nitrogens with zero attached hydrogens (tertiary/aromatic N) is 2. The van der Waals surface area contributed by atoms with Crippen LogP contribution < -0.4 is 0 Å². The van der Waals surface area contributed by atoms with Gasteiger partial charge in [0.25, 0.3) is 0 Å². The van der Waals surface area contributed by atoms with Gasteiger partial charge >= 0.3 is 0 Å². The predicted octanol–water partition coefficient (Wildman–Crippen LogP) is 4.07. The molecule has 1 aromatic carbocycles. The Morgan fingerprint density at radius 1 is 0.714 bits per heavy atom. The minimum absolute atomic E-state index is 0.223. The number of pyridine rings is 2. The summed E-state index contributed by atoms with van der Waals surface area (Å²) in [5, 5.41) is 0. The molecule has 21 heavy (non-hydrogen) atoms. The quantitative estimate of drug-likeness (QED) is 0.719. The Morgan fingerprint density at radius 2 is 1.43 bits per heavy atom. The van der Waals surface area contributed by atoms with E-state index >= 15 is 0 Å². The van der Waals surface area contributed by atoms with Crippen LogP contribution in [-0.4, -0.2) is 9.97 Å². The molecule has 104 valence electrons. The topological polar surface area (TPSA) is 25.8 Å². The molecule has 0 spiro atoms. The van der Waals surface area contributed by atoms with Crippen molar-refractivity contribution in [1.29, 1.82) is 0 Å². The molecular weight excluding hydrogens is 263 g/mol. The highest BCUT2D eigenvalue weighted by Gasteiger charge is 2.01. The molecule has 0 aliphatic heterocycles. The van der Waals surface area contributed by atoms with Gasteiger partial charge in [0, 0.05) is 29.3 Å². The van der Waals surface area contributed by atoms with Crippen LogP contribution in [0.4, 0.5) is 4.39 Å². The van der Waals surface area contributed by atoms with Crippen LogP contribution in [0.3, 0.4) is 0 Å². The van der Waals surface area contributed by atoms with Gasteiger partial charge in [-0.3, -0.25) is 9.97 Å². The molecule has 3 rings (SSSR count). The van der Waals surface area contributed by atoms with E-state index in [1.54, 1.807) is 18.3 Å². The first-order valence-electron chi connectivity index (χ1n) is 6.92. The van der Waals surface area contributed by atoms with E-state index in [1.165, 1.54) is 12.1 Å². The van der Waals surface area contributed by atoms with Crippen LogP contribution in [0.1, 0.15) is 11.4 Å². The third-order valence-electron chi connectivity index (χ3n) is 3.37. The first-order valence-corrected chi connectivity index (χ1v) is 6.92. The number of hydrogen-bond acceptors (Lipinski definition) is 2. The molecule has 2 nitrogen and oxygen atoms in total. The number of aromatic nitrogens is 2. The van der Waals surface area contributed by atoms with Gasteiger partial charge in [-0.2, -0.15) is 0 Å². The van der Waals surface area contributed by atoms with Gasteiger partial charge in [-0.1, -0.05) is 24.3 Å². The molecule has 0 aliphatic rings. The molecule has 0 unspecified atom stereocenters. The van der Waals surface area contributed by atoms with E-state index in [2.05, 4.69) is 9.97 Å². The number of rotatable bonds is 4. The van der Waals surface area contributed by atoms with E-state index in [0.717, 1.165) is 35.4 Å². The Kier molecular flexibility index (Phi) is 4.01. The molecule has 0 saturated heterocycles. The van der Waals surface area contributed by atoms with Crippen LogP contribution in [-0.2, 0) is 12.8 Å².